The quantitative estimate of drug-likeness (QED) is 0.447. The zero-order valence-corrected chi connectivity index (χ0v) is 13.7. The van der Waals surface area contributed by atoms with Crippen LogP contribution in [0.5, 0.6) is 5.75 Å². The molecular formula is C15H17N3O5S. The third-order valence-corrected chi connectivity index (χ3v) is 4.20. The number of sulfonamides is 1. The molecule has 0 aliphatic heterocycles. The summed E-state index contributed by atoms with van der Waals surface area (Å²) < 4.78 is 28.8. The molecule has 9 heteroatoms. The Labute approximate surface area is 139 Å². The second-order valence-corrected chi connectivity index (χ2v) is 6.55. The molecule has 24 heavy (non-hydrogen) atoms. The van der Waals surface area contributed by atoms with Crippen LogP contribution in [0, 0.1) is 17.0 Å². The van der Waals surface area contributed by atoms with Gasteiger partial charge in [0.1, 0.15) is 17.3 Å². The number of para-hydroxylation sites is 1. The maximum absolute atomic E-state index is 11.6. The van der Waals surface area contributed by atoms with Gasteiger partial charge in [-0.25, -0.2) is 13.6 Å². The SMILES string of the molecule is Cc1ccccc1OCCNc1ccc([N+](=O)[O-])cc1S(N)(=O)=O. The fourth-order valence-corrected chi connectivity index (χ4v) is 2.80. The van der Waals surface area contributed by atoms with E-state index in [1.807, 2.05) is 31.2 Å². The highest BCUT2D eigenvalue weighted by molar-refractivity contribution is 7.89. The molecule has 0 aliphatic rings. The summed E-state index contributed by atoms with van der Waals surface area (Å²) >= 11 is 0. The Bertz CT molecular complexity index is 852. The van der Waals surface area contributed by atoms with Crippen LogP contribution in [0.2, 0.25) is 0 Å². The van der Waals surface area contributed by atoms with Crippen molar-refractivity contribution in [3.8, 4) is 5.75 Å². The number of nitro groups is 1. The molecule has 0 bridgehead atoms. The minimum absolute atomic E-state index is 0.191. The predicted molar refractivity (Wildman–Crippen MR) is 89.6 cm³/mol. The van der Waals surface area contributed by atoms with Crippen LogP contribution in [-0.2, 0) is 10.0 Å². The van der Waals surface area contributed by atoms with E-state index in [1.54, 1.807) is 0 Å². The van der Waals surface area contributed by atoms with Crippen LogP contribution in [0.4, 0.5) is 11.4 Å². The van der Waals surface area contributed by atoms with Crippen LogP contribution in [-0.4, -0.2) is 26.5 Å². The maximum Gasteiger partial charge on any atom is 0.270 e. The lowest BCUT2D eigenvalue weighted by Crippen LogP contribution is -2.18. The summed E-state index contributed by atoms with van der Waals surface area (Å²) in [5.74, 6) is 0.731. The van der Waals surface area contributed by atoms with Gasteiger partial charge in [0, 0.05) is 18.7 Å². The van der Waals surface area contributed by atoms with Crippen molar-refractivity contribution >= 4 is 21.4 Å². The molecule has 0 saturated heterocycles. The van der Waals surface area contributed by atoms with E-state index in [1.165, 1.54) is 12.1 Å². The van der Waals surface area contributed by atoms with Gasteiger partial charge in [0.2, 0.25) is 10.0 Å². The number of hydrogen-bond donors (Lipinski definition) is 2. The summed E-state index contributed by atoms with van der Waals surface area (Å²) in [4.78, 5) is 9.76. The molecule has 3 N–H and O–H groups in total. The van der Waals surface area contributed by atoms with E-state index in [2.05, 4.69) is 5.32 Å². The summed E-state index contributed by atoms with van der Waals surface area (Å²) in [6.45, 7) is 2.50. The number of hydrogen-bond acceptors (Lipinski definition) is 6. The lowest BCUT2D eigenvalue weighted by Gasteiger charge is -2.12. The number of nitro benzene ring substituents is 1. The molecule has 0 aliphatic carbocycles. The average molecular weight is 351 g/mol. The van der Waals surface area contributed by atoms with Crippen molar-refractivity contribution < 1.29 is 18.1 Å². The van der Waals surface area contributed by atoms with Gasteiger partial charge in [0.25, 0.3) is 5.69 Å². The fraction of sp³-hybridized carbons (Fsp3) is 0.200. The summed E-state index contributed by atoms with van der Waals surface area (Å²) in [7, 11) is -4.09. The number of nitrogens with one attached hydrogen (secondary N) is 1. The highest BCUT2D eigenvalue weighted by atomic mass is 32.2. The summed E-state index contributed by atoms with van der Waals surface area (Å²) in [5.41, 5.74) is 0.829. The van der Waals surface area contributed by atoms with Crippen molar-refractivity contribution in [2.45, 2.75) is 11.8 Å². The number of anilines is 1. The minimum Gasteiger partial charge on any atom is -0.491 e. The Hall–Kier alpha value is -2.65. The predicted octanol–water partition coefficient (Wildman–Crippen LogP) is 2.04. The first-order valence-corrected chi connectivity index (χ1v) is 8.57. The zero-order chi connectivity index (χ0) is 17.7. The van der Waals surface area contributed by atoms with Crippen molar-refractivity contribution in [1.29, 1.82) is 0 Å². The van der Waals surface area contributed by atoms with Crippen LogP contribution in [0.25, 0.3) is 0 Å². The second-order valence-electron chi connectivity index (χ2n) is 5.02. The molecule has 0 fully saturated rings. The number of nitrogens with zero attached hydrogens (tertiary/aromatic N) is 1. The monoisotopic (exact) mass is 351 g/mol. The molecule has 0 aromatic heterocycles. The zero-order valence-electron chi connectivity index (χ0n) is 12.9. The van der Waals surface area contributed by atoms with Crippen LogP contribution in [0.1, 0.15) is 5.56 Å². The van der Waals surface area contributed by atoms with Gasteiger partial charge in [-0.1, -0.05) is 18.2 Å². The van der Waals surface area contributed by atoms with Gasteiger partial charge in [0.05, 0.1) is 10.6 Å². The number of aryl methyl sites for hydroxylation is 1. The van der Waals surface area contributed by atoms with Crippen molar-refractivity contribution in [1.82, 2.24) is 0 Å². The molecule has 2 aromatic carbocycles. The van der Waals surface area contributed by atoms with Gasteiger partial charge < -0.3 is 10.1 Å². The highest BCUT2D eigenvalue weighted by Gasteiger charge is 2.18. The molecule has 0 spiro atoms. The number of rotatable bonds is 7. The van der Waals surface area contributed by atoms with E-state index in [0.717, 1.165) is 17.4 Å². The number of primary sulfonamides is 1. The van der Waals surface area contributed by atoms with Crippen LogP contribution < -0.4 is 15.2 Å². The molecule has 0 saturated carbocycles. The third kappa shape index (κ3) is 4.43. The van der Waals surface area contributed by atoms with E-state index in [9.17, 15) is 18.5 Å². The van der Waals surface area contributed by atoms with Crippen LogP contribution >= 0.6 is 0 Å². The Kier molecular flexibility index (Phi) is 5.37. The Morgan fingerprint density at radius 2 is 1.96 bits per heavy atom. The highest BCUT2D eigenvalue weighted by Crippen LogP contribution is 2.25. The molecule has 0 radical (unpaired) electrons. The molecule has 128 valence electrons. The van der Waals surface area contributed by atoms with Crippen LogP contribution in [0.3, 0.4) is 0 Å². The number of nitrogens with two attached hydrogens (primary N) is 1. The Morgan fingerprint density at radius 3 is 2.58 bits per heavy atom. The van der Waals surface area contributed by atoms with E-state index >= 15 is 0 Å². The molecule has 0 heterocycles. The first-order valence-electron chi connectivity index (χ1n) is 7.02. The first-order chi connectivity index (χ1) is 11.3. The summed E-state index contributed by atoms with van der Waals surface area (Å²) in [6, 6.07) is 10.9. The van der Waals surface area contributed by atoms with Gasteiger partial charge in [-0.15, -0.1) is 0 Å². The topological polar surface area (TPSA) is 125 Å². The molecule has 0 atom stereocenters. The van der Waals surface area contributed by atoms with Gasteiger partial charge in [0.15, 0.2) is 0 Å². The molecular weight excluding hydrogens is 334 g/mol. The smallest absolute Gasteiger partial charge is 0.270 e. The molecule has 8 nitrogen and oxygen atoms in total. The van der Waals surface area contributed by atoms with E-state index < -0.39 is 14.9 Å². The fourth-order valence-electron chi connectivity index (χ4n) is 2.07. The Balaban J connectivity index is 2.07. The molecule has 0 unspecified atom stereocenters. The van der Waals surface area contributed by atoms with Gasteiger partial charge >= 0.3 is 0 Å². The third-order valence-electron chi connectivity index (χ3n) is 3.25. The lowest BCUT2D eigenvalue weighted by molar-refractivity contribution is -0.385. The van der Waals surface area contributed by atoms with E-state index in [0.29, 0.717) is 6.54 Å². The standard InChI is InChI=1S/C15H17N3O5S/c1-11-4-2-3-5-14(11)23-9-8-17-13-7-6-12(18(19)20)10-15(13)24(16,21)22/h2-7,10,17H,8-9H2,1H3,(H2,16,21,22). The summed E-state index contributed by atoms with van der Waals surface area (Å²) in [6.07, 6.45) is 0. The number of benzene rings is 2. The molecule has 0 amide bonds. The molecule has 2 aromatic rings. The van der Waals surface area contributed by atoms with Crippen molar-refractivity contribution in [2.24, 2.45) is 5.14 Å². The first kappa shape index (κ1) is 17.7. The van der Waals surface area contributed by atoms with Gasteiger partial charge in [-0.05, 0) is 24.6 Å². The second kappa shape index (κ2) is 7.28. The van der Waals surface area contributed by atoms with E-state index in [4.69, 9.17) is 9.88 Å². The maximum atomic E-state index is 11.6. The van der Waals surface area contributed by atoms with Crippen molar-refractivity contribution in [2.75, 3.05) is 18.5 Å². The summed E-state index contributed by atoms with van der Waals surface area (Å²) in [5, 5.41) is 18.8. The normalized spacial score (nSPS) is 11.1. The molecule has 2 rings (SSSR count). The van der Waals surface area contributed by atoms with Crippen molar-refractivity contribution in [3.63, 3.8) is 0 Å². The van der Waals surface area contributed by atoms with Gasteiger partial charge in [-0.3, -0.25) is 10.1 Å². The van der Waals surface area contributed by atoms with E-state index in [-0.39, 0.29) is 22.9 Å². The lowest BCUT2D eigenvalue weighted by atomic mass is 10.2. The van der Waals surface area contributed by atoms with Gasteiger partial charge in [-0.2, -0.15) is 0 Å². The minimum atomic E-state index is -4.09. The Morgan fingerprint density at radius 1 is 1.25 bits per heavy atom. The number of non-ortho nitro benzene ring substituents is 1. The largest absolute Gasteiger partial charge is 0.491 e. The van der Waals surface area contributed by atoms with Crippen LogP contribution in [0.15, 0.2) is 47.4 Å². The number of ether oxygens (including phenoxy) is 1. The van der Waals surface area contributed by atoms with Crippen molar-refractivity contribution in [3.05, 3.63) is 58.1 Å². The average Bonchev–Trinajstić information content (AvgIpc) is 2.52.